The lowest BCUT2D eigenvalue weighted by Gasteiger charge is -2.36. The second-order valence-electron chi connectivity index (χ2n) is 6.59. The molecule has 2 atom stereocenters. The molecule has 0 saturated carbocycles. The number of rotatable bonds is 2. The average molecular weight is 310 g/mol. The fourth-order valence-electron chi connectivity index (χ4n) is 3.54. The molecule has 2 amide bonds. The van der Waals surface area contributed by atoms with E-state index in [0.717, 1.165) is 26.1 Å². The Morgan fingerprint density at radius 3 is 2.86 bits per heavy atom. The average Bonchev–Trinajstić information content (AvgIpc) is 2.78. The number of nitrogens with two attached hydrogens (primary N) is 1. The highest BCUT2D eigenvalue weighted by Gasteiger charge is 2.47. The highest BCUT2D eigenvalue weighted by Crippen LogP contribution is 2.35. The Balaban J connectivity index is 1.65. The van der Waals surface area contributed by atoms with Gasteiger partial charge in [-0.3, -0.25) is 16.1 Å². The van der Waals surface area contributed by atoms with Gasteiger partial charge in [0, 0.05) is 32.0 Å². The van der Waals surface area contributed by atoms with E-state index in [9.17, 15) is 4.79 Å². The molecule has 22 heavy (non-hydrogen) atoms. The van der Waals surface area contributed by atoms with Crippen LogP contribution in [0.2, 0.25) is 0 Å². The van der Waals surface area contributed by atoms with Gasteiger partial charge in [0.25, 0.3) is 0 Å². The second kappa shape index (κ2) is 6.04. The van der Waals surface area contributed by atoms with Crippen LogP contribution >= 0.6 is 0 Å². The molecule has 0 aromatic rings. The monoisotopic (exact) mass is 310 g/mol. The van der Waals surface area contributed by atoms with E-state index in [0.29, 0.717) is 12.6 Å². The van der Waals surface area contributed by atoms with E-state index in [1.54, 1.807) is 4.90 Å². The Labute approximate surface area is 130 Å². The zero-order valence-electron chi connectivity index (χ0n) is 13.2. The molecule has 6 N–H and O–H groups in total. The Bertz CT molecular complexity index is 460. The van der Waals surface area contributed by atoms with Crippen LogP contribution in [0.4, 0.5) is 4.79 Å². The molecule has 0 aliphatic carbocycles. The summed E-state index contributed by atoms with van der Waals surface area (Å²) < 4.78 is 5.38. The van der Waals surface area contributed by atoms with E-state index >= 15 is 0 Å². The predicted molar refractivity (Wildman–Crippen MR) is 82.4 cm³/mol. The molecule has 3 rings (SSSR count). The van der Waals surface area contributed by atoms with Gasteiger partial charge in [0.1, 0.15) is 6.29 Å². The molecule has 0 aromatic heterocycles. The standard InChI is InChI=1S/C14H26N6O2/c1-14(2)10-7-16-12(17-9-3-5-22-6-4-9)18-11(10)8-20(14)13(21)19-15/h7,9,11-12,16-18H,3-6,8,15H2,1-2H3,(H,19,21). The highest BCUT2D eigenvalue weighted by atomic mass is 16.5. The normalized spacial score (nSPS) is 31.2. The molecular weight excluding hydrogens is 284 g/mol. The minimum atomic E-state index is -0.363. The van der Waals surface area contributed by atoms with E-state index in [1.165, 1.54) is 5.57 Å². The zero-order chi connectivity index (χ0) is 15.7. The van der Waals surface area contributed by atoms with Crippen molar-refractivity contribution in [1.29, 1.82) is 0 Å². The van der Waals surface area contributed by atoms with Gasteiger partial charge in [0.2, 0.25) is 0 Å². The number of amides is 2. The van der Waals surface area contributed by atoms with Crippen molar-refractivity contribution in [2.75, 3.05) is 19.8 Å². The number of nitrogens with zero attached hydrogens (tertiary/aromatic N) is 1. The van der Waals surface area contributed by atoms with Gasteiger partial charge < -0.3 is 15.0 Å². The summed E-state index contributed by atoms with van der Waals surface area (Å²) in [4.78, 5) is 13.7. The summed E-state index contributed by atoms with van der Waals surface area (Å²) in [5.41, 5.74) is 3.04. The Kier molecular flexibility index (Phi) is 4.26. The van der Waals surface area contributed by atoms with Crippen molar-refractivity contribution in [2.45, 2.75) is 50.6 Å². The lowest BCUT2D eigenvalue weighted by atomic mass is 9.92. The first-order valence-electron chi connectivity index (χ1n) is 7.87. The molecule has 2 saturated heterocycles. The minimum Gasteiger partial charge on any atom is -0.381 e. The van der Waals surface area contributed by atoms with E-state index < -0.39 is 0 Å². The third-order valence-electron chi connectivity index (χ3n) is 4.89. The van der Waals surface area contributed by atoms with Gasteiger partial charge in [-0.1, -0.05) is 0 Å². The van der Waals surface area contributed by atoms with Crippen LogP contribution in [-0.2, 0) is 4.74 Å². The first-order valence-corrected chi connectivity index (χ1v) is 7.87. The fourth-order valence-corrected chi connectivity index (χ4v) is 3.54. The van der Waals surface area contributed by atoms with Crippen LogP contribution in [0.15, 0.2) is 11.8 Å². The number of hydrogen-bond acceptors (Lipinski definition) is 6. The molecule has 0 bridgehead atoms. The van der Waals surface area contributed by atoms with Crippen molar-refractivity contribution in [2.24, 2.45) is 5.84 Å². The van der Waals surface area contributed by atoms with Crippen LogP contribution in [0.3, 0.4) is 0 Å². The summed E-state index contributed by atoms with van der Waals surface area (Å²) in [7, 11) is 0. The molecule has 124 valence electrons. The number of ether oxygens (including phenoxy) is 1. The van der Waals surface area contributed by atoms with Crippen molar-refractivity contribution >= 4 is 6.03 Å². The van der Waals surface area contributed by atoms with E-state index in [2.05, 4.69) is 21.4 Å². The van der Waals surface area contributed by atoms with Crippen molar-refractivity contribution < 1.29 is 9.53 Å². The maximum Gasteiger partial charge on any atom is 0.332 e. The van der Waals surface area contributed by atoms with Crippen LogP contribution in [0.5, 0.6) is 0 Å². The molecule has 3 aliphatic heterocycles. The van der Waals surface area contributed by atoms with Crippen LogP contribution in [0.25, 0.3) is 0 Å². The van der Waals surface area contributed by atoms with Crippen molar-refractivity contribution in [3.8, 4) is 0 Å². The number of likely N-dealkylation sites (tertiary alicyclic amines) is 1. The van der Waals surface area contributed by atoms with Gasteiger partial charge in [-0.2, -0.15) is 0 Å². The summed E-state index contributed by atoms with van der Waals surface area (Å²) in [5, 5.41) is 10.5. The summed E-state index contributed by atoms with van der Waals surface area (Å²) in [6.07, 6.45) is 4.08. The maximum absolute atomic E-state index is 12.0. The van der Waals surface area contributed by atoms with Crippen LogP contribution < -0.4 is 27.2 Å². The van der Waals surface area contributed by atoms with Gasteiger partial charge >= 0.3 is 6.03 Å². The molecule has 2 fully saturated rings. The van der Waals surface area contributed by atoms with Gasteiger partial charge in [-0.15, -0.1) is 0 Å². The molecule has 0 spiro atoms. The number of fused-ring (bicyclic) bond motifs is 1. The summed E-state index contributed by atoms with van der Waals surface area (Å²) >= 11 is 0. The SMILES string of the molecule is CC1(C)C2=CNC(NC3CCOCC3)NC2CN1C(=O)NN. The molecule has 3 aliphatic rings. The molecule has 0 radical (unpaired) electrons. The first-order chi connectivity index (χ1) is 10.5. The lowest BCUT2D eigenvalue weighted by molar-refractivity contribution is 0.0715. The maximum atomic E-state index is 12.0. The molecule has 0 aromatic carbocycles. The van der Waals surface area contributed by atoms with Crippen molar-refractivity contribution in [3.63, 3.8) is 0 Å². The molecule has 8 heteroatoms. The summed E-state index contributed by atoms with van der Waals surface area (Å²) in [6, 6.07) is 0.327. The highest BCUT2D eigenvalue weighted by molar-refractivity contribution is 5.76. The smallest absolute Gasteiger partial charge is 0.332 e. The minimum absolute atomic E-state index is 0.00791. The van der Waals surface area contributed by atoms with Crippen LogP contribution in [0.1, 0.15) is 26.7 Å². The Hall–Kier alpha value is -1.35. The molecule has 8 nitrogen and oxygen atoms in total. The zero-order valence-corrected chi connectivity index (χ0v) is 13.2. The number of hydrazine groups is 1. The second-order valence-corrected chi connectivity index (χ2v) is 6.59. The Morgan fingerprint density at radius 2 is 2.18 bits per heavy atom. The van der Waals surface area contributed by atoms with Gasteiger partial charge in [-0.25, -0.2) is 10.6 Å². The van der Waals surface area contributed by atoms with E-state index in [1.807, 2.05) is 20.0 Å². The molecule has 2 unspecified atom stereocenters. The van der Waals surface area contributed by atoms with E-state index in [4.69, 9.17) is 10.6 Å². The Morgan fingerprint density at radius 1 is 1.45 bits per heavy atom. The molecular formula is C14H26N6O2. The van der Waals surface area contributed by atoms with Crippen molar-refractivity contribution in [1.82, 2.24) is 26.3 Å². The van der Waals surface area contributed by atoms with Crippen LogP contribution in [0, 0.1) is 0 Å². The van der Waals surface area contributed by atoms with Gasteiger partial charge in [0.15, 0.2) is 0 Å². The summed E-state index contributed by atoms with van der Waals surface area (Å²) in [5.74, 6) is 5.29. The third-order valence-corrected chi connectivity index (χ3v) is 4.89. The number of urea groups is 1. The fraction of sp³-hybridized carbons (Fsp3) is 0.786. The largest absolute Gasteiger partial charge is 0.381 e. The van der Waals surface area contributed by atoms with Gasteiger partial charge in [-0.05, 0) is 32.3 Å². The topological polar surface area (TPSA) is 104 Å². The molecule has 3 heterocycles. The number of carbonyl (C=O) groups excluding carboxylic acids is 1. The number of hydrogen-bond donors (Lipinski definition) is 5. The van der Waals surface area contributed by atoms with Gasteiger partial charge in [0.05, 0.1) is 11.6 Å². The third kappa shape index (κ3) is 2.79. The quantitative estimate of drug-likeness (QED) is 0.259. The predicted octanol–water partition coefficient (Wildman–Crippen LogP) is -0.839. The first kappa shape index (κ1) is 15.5. The van der Waals surface area contributed by atoms with Crippen LogP contribution in [-0.4, -0.2) is 54.6 Å². The summed E-state index contributed by atoms with van der Waals surface area (Å²) in [6.45, 7) is 6.29. The van der Waals surface area contributed by atoms with Crippen molar-refractivity contribution in [3.05, 3.63) is 11.8 Å². The van der Waals surface area contributed by atoms with E-state index in [-0.39, 0.29) is 23.9 Å². The number of nitrogens with one attached hydrogen (secondary N) is 4. The lowest BCUT2D eigenvalue weighted by Crippen LogP contribution is -2.61. The number of carbonyl (C=O) groups is 1.